The van der Waals surface area contributed by atoms with E-state index in [2.05, 4.69) is 10.4 Å². The normalized spacial score (nSPS) is 16.5. The van der Waals surface area contributed by atoms with Gasteiger partial charge in [0, 0.05) is 50.2 Å². The summed E-state index contributed by atoms with van der Waals surface area (Å²) in [5.41, 5.74) is 1.69. The minimum absolute atomic E-state index is 0.0606. The number of hydrogen-bond donors (Lipinski definition) is 1. The van der Waals surface area contributed by atoms with Crippen LogP contribution in [0.5, 0.6) is 0 Å². The Bertz CT molecular complexity index is 916. The number of nitro benzene ring substituents is 1. The van der Waals surface area contributed by atoms with Gasteiger partial charge in [0.15, 0.2) is 0 Å². The van der Waals surface area contributed by atoms with Crippen LogP contribution in [0.4, 0.5) is 11.4 Å². The molecule has 0 bridgehead atoms. The minimum Gasteiger partial charge on any atom is -0.382 e. The second-order valence-electron chi connectivity index (χ2n) is 6.43. The van der Waals surface area contributed by atoms with E-state index in [0.29, 0.717) is 25.9 Å². The average Bonchev–Trinajstić information content (AvgIpc) is 3.04. The first kappa shape index (κ1) is 18.3. The fourth-order valence-corrected chi connectivity index (χ4v) is 4.52. The van der Waals surface area contributed by atoms with Crippen molar-refractivity contribution >= 4 is 21.4 Å². The number of nitrogens with zero attached hydrogens (tertiary/aromatic N) is 4. The summed E-state index contributed by atoms with van der Waals surface area (Å²) in [7, 11) is -1.83. The fourth-order valence-electron chi connectivity index (χ4n) is 3.06. The lowest BCUT2D eigenvalue weighted by atomic mass is 10.1. The van der Waals surface area contributed by atoms with Crippen molar-refractivity contribution in [2.45, 2.75) is 30.7 Å². The number of hydrogen-bond acceptors (Lipinski definition) is 6. The van der Waals surface area contributed by atoms with Crippen molar-refractivity contribution in [3.8, 4) is 0 Å². The molecule has 1 aliphatic heterocycles. The summed E-state index contributed by atoms with van der Waals surface area (Å²) in [4.78, 5) is 10.6. The van der Waals surface area contributed by atoms with Crippen LogP contribution in [-0.2, 0) is 17.1 Å². The molecule has 1 fully saturated rings. The zero-order valence-corrected chi connectivity index (χ0v) is 15.4. The van der Waals surface area contributed by atoms with E-state index in [1.807, 2.05) is 6.92 Å². The molecule has 2 aromatic rings. The van der Waals surface area contributed by atoms with E-state index in [0.717, 1.165) is 11.3 Å². The molecule has 1 saturated heterocycles. The van der Waals surface area contributed by atoms with Crippen molar-refractivity contribution in [2.24, 2.45) is 7.05 Å². The fraction of sp³-hybridized carbons (Fsp3) is 0.438. The van der Waals surface area contributed by atoms with Gasteiger partial charge in [-0.05, 0) is 31.4 Å². The largest absolute Gasteiger partial charge is 0.382 e. The maximum atomic E-state index is 12.6. The number of nitrogens with one attached hydrogen (secondary N) is 1. The van der Waals surface area contributed by atoms with E-state index >= 15 is 0 Å². The molecule has 2 heterocycles. The molecular weight excluding hydrogens is 358 g/mol. The van der Waals surface area contributed by atoms with Crippen LogP contribution in [0.2, 0.25) is 0 Å². The molecule has 9 nitrogen and oxygen atoms in total. The molecule has 1 aliphatic rings. The Morgan fingerprint density at radius 3 is 2.54 bits per heavy atom. The Morgan fingerprint density at radius 1 is 1.31 bits per heavy atom. The summed E-state index contributed by atoms with van der Waals surface area (Å²) < 4.78 is 28.2. The smallest absolute Gasteiger partial charge is 0.269 e. The Morgan fingerprint density at radius 2 is 2.00 bits per heavy atom. The van der Waals surface area contributed by atoms with Crippen LogP contribution in [-0.4, -0.2) is 46.6 Å². The van der Waals surface area contributed by atoms with Crippen LogP contribution >= 0.6 is 0 Å². The molecule has 1 aromatic carbocycles. The monoisotopic (exact) mass is 379 g/mol. The van der Waals surface area contributed by atoms with Crippen LogP contribution < -0.4 is 5.32 Å². The van der Waals surface area contributed by atoms with Gasteiger partial charge in [0.05, 0.1) is 11.1 Å². The minimum atomic E-state index is -3.51. The first-order valence-corrected chi connectivity index (χ1v) is 9.72. The van der Waals surface area contributed by atoms with Gasteiger partial charge in [-0.15, -0.1) is 0 Å². The second-order valence-corrected chi connectivity index (χ2v) is 8.37. The molecule has 140 valence electrons. The number of aromatic nitrogens is 2. The highest BCUT2D eigenvalue weighted by molar-refractivity contribution is 7.89. The molecule has 0 aliphatic carbocycles. The molecule has 10 heteroatoms. The molecule has 0 amide bonds. The quantitative estimate of drug-likeness (QED) is 0.627. The molecule has 26 heavy (non-hydrogen) atoms. The van der Waals surface area contributed by atoms with Gasteiger partial charge >= 0.3 is 0 Å². The Labute approximate surface area is 151 Å². The van der Waals surface area contributed by atoms with Crippen molar-refractivity contribution in [1.29, 1.82) is 0 Å². The van der Waals surface area contributed by atoms with E-state index < -0.39 is 14.9 Å². The van der Waals surface area contributed by atoms with E-state index in [1.54, 1.807) is 13.1 Å². The Balaban J connectivity index is 1.63. The van der Waals surface area contributed by atoms with Gasteiger partial charge in [-0.3, -0.25) is 14.8 Å². The topological polar surface area (TPSA) is 110 Å². The van der Waals surface area contributed by atoms with E-state index in [4.69, 9.17) is 0 Å². The van der Waals surface area contributed by atoms with Gasteiger partial charge < -0.3 is 5.32 Å². The van der Waals surface area contributed by atoms with E-state index in [1.165, 1.54) is 33.5 Å². The zero-order chi connectivity index (χ0) is 18.9. The van der Waals surface area contributed by atoms with Crippen molar-refractivity contribution in [1.82, 2.24) is 14.1 Å². The highest BCUT2D eigenvalue weighted by Gasteiger charge is 2.30. The van der Waals surface area contributed by atoms with Crippen molar-refractivity contribution < 1.29 is 13.3 Å². The Kier molecular flexibility index (Phi) is 4.97. The third-order valence-corrected chi connectivity index (χ3v) is 6.40. The third kappa shape index (κ3) is 3.70. The number of nitro groups is 1. The maximum absolute atomic E-state index is 12.6. The molecule has 1 aromatic heterocycles. The molecule has 0 atom stereocenters. The first-order valence-electron chi connectivity index (χ1n) is 8.28. The SMILES string of the molecule is Cc1cc([N+](=O)[O-])ccc1NC1CCN(S(=O)(=O)c2cnn(C)c2)CC1. The van der Waals surface area contributed by atoms with Crippen LogP contribution in [0.25, 0.3) is 0 Å². The van der Waals surface area contributed by atoms with E-state index in [9.17, 15) is 18.5 Å². The van der Waals surface area contributed by atoms with Gasteiger partial charge in [-0.2, -0.15) is 9.40 Å². The van der Waals surface area contributed by atoms with Gasteiger partial charge in [0.25, 0.3) is 5.69 Å². The lowest BCUT2D eigenvalue weighted by molar-refractivity contribution is -0.384. The van der Waals surface area contributed by atoms with Crippen LogP contribution in [0.3, 0.4) is 0 Å². The predicted octanol–water partition coefficient (Wildman–Crippen LogP) is 1.90. The van der Waals surface area contributed by atoms with Gasteiger partial charge in [0.1, 0.15) is 4.90 Å². The van der Waals surface area contributed by atoms with Crippen molar-refractivity contribution in [3.63, 3.8) is 0 Å². The van der Waals surface area contributed by atoms with Gasteiger partial charge in [-0.1, -0.05) is 0 Å². The number of anilines is 1. The lowest BCUT2D eigenvalue weighted by Crippen LogP contribution is -2.42. The molecule has 3 rings (SSSR count). The number of rotatable bonds is 5. The summed E-state index contributed by atoms with van der Waals surface area (Å²) in [6.45, 7) is 2.65. The summed E-state index contributed by atoms with van der Waals surface area (Å²) in [5.74, 6) is 0. The maximum Gasteiger partial charge on any atom is 0.269 e. The van der Waals surface area contributed by atoms with Crippen LogP contribution in [0.1, 0.15) is 18.4 Å². The van der Waals surface area contributed by atoms with Gasteiger partial charge in [-0.25, -0.2) is 8.42 Å². The second kappa shape index (κ2) is 7.04. The lowest BCUT2D eigenvalue weighted by Gasteiger charge is -2.32. The highest BCUT2D eigenvalue weighted by Crippen LogP contribution is 2.25. The molecular formula is C16H21N5O4S. The summed E-state index contributed by atoms with van der Waals surface area (Å²) >= 11 is 0. The number of piperidine rings is 1. The number of aryl methyl sites for hydroxylation is 2. The first-order chi connectivity index (χ1) is 12.3. The molecule has 0 unspecified atom stereocenters. The number of non-ortho nitro benzene ring substituents is 1. The predicted molar refractivity (Wildman–Crippen MR) is 96.4 cm³/mol. The summed E-state index contributed by atoms with van der Waals surface area (Å²) in [6.07, 6.45) is 4.19. The van der Waals surface area contributed by atoms with Gasteiger partial charge in [0.2, 0.25) is 10.0 Å². The van der Waals surface area contributed by atoms with Crippen molar-refractivity contribution in [2.75, 3.05) is 18.4 Å². The molecule has 0 saturated carbocycles. The number of sulfonamides is 1. The standard InChI is InChI=1S/C16H21N5O4S/c1-12-9-14(21(22)23)3-4-16(12)18-13-5-7-20(8-6-13)26(24,25)15-10-17-19(2)11-15/h3-4,9-11,13,18H,5-8H2,1-2H3. The van der Waals surface area contributed by atoms with Crippen LogP contribution in [0.15, 0.2) is 35.5 Å². The average molecular weight is 379 g/mol. The summed E-state index contributed by atoms with van der Waals surface area (Å²) in [6, 6.07) is 4.82. The summed E-state index contributed by atoms with van der Waals surface area (Å²) in [5, 5.41) is 18.1. The number of benzene rings is 1. The zero-order valence-electron chi connectivity index (χ0n) is 14.6. The van der Waals surface area contributed by atoms with E-state index in [-0.39, 0.29) is 16.6 Å². The third-order valence-electron chi connectivity index (χ3n) is 4.55. The Hall–Kier alpha value is -2.46. The molecule has 0 spiro atoms. The molecule has 1 N–H and O–H groups in total. The van der Waals surface area contributed by atoms with Crippen LogP contribution in [0, 0.1) is 17.0 Å². The highest BCUT2D eigenvalue weighted by atomic mass is 32.2. The molecule has 0 radical (unpaired) electrons. The van der Waals surface area contributed by atoms with Crippen molar-refractivity contribution in [3.05, 3.63) is 46.3 Å².